The Kier molecular flexibility index (Phi) is 3.42. The Morgan fingerprint density at radius 3 is 2.93 bits per heavy atom. The monoisotopic (exact) mass is 198 g/mol. The minimum Gasteiger partial charge on any atom is -0.363 e. The first kappa shape index (κ1) is 10.4. The van der Waals surface area contributed by atoms with Gasteiger partial charge in [-0.3, -0.25) is 5.32 Å². The third-order valence-corrected chi connectivity index (χ3v) is 3.43. The SMILES string of the molecule is CC1CNC(CC2CCCN2C)OC1. The molecule has 1 N–H and O–H groups in total. The van der Waals surface area contributed by atoms with Gasteiger partial charge in [-0.15, -0.1) is 0 Å². The largest absolute Gasteiger partial charge is 0.363 e. The highest BCUT2D eigenvalue weighted by atomic mass is 16.5. The summed E-state index contributed by atoms with van der Waals surface area (Å²) in [6.45, 7) is 5.52. The number of hydrogen-bond acceptors (Lipinski definition) is 3. The summed E-state index contributed by atoms with van der Waals surface area (Å²) in [4.78, 5) is 2.46. The summed E-state index contributed by atoms with van der Waals surface area (Å²) in [5, 5.41) is 3.47. The average Bonchev–Trinajstić information content (AvgIpc) is 2.56. The normalized spacial score (nSPS) is 40.3. The molecular weight excluding hydrogens is 176 g/mol. The van der Waals surface area contributed by atoms with Crippen molar-refractivity contribution in [3.05, 3.63) is 0 Å². The molecule has 14 heavy (non-hydrogen) atoms. The number of nitrogens with one attached hydrogen (secondary N) is 1. The highest BCUT2D eigenvalue weighted by Crippen LogP contribution is 2.20. The fourth-order valence-corrected chi connectivity index (χ4v) is 2.41. The molecule has 0 aromatic carbocycles. The molecule has 0 bridgehead atoms. The fraction of sp³-hybridized carbons (Fsp3) is 1.00. The molecule has 2 rings (SSSR count). The zero-order chi connectivity index (χ0) is 9.97. The van der Waals surface area contributed by atoms with Gasteiger partial charge in [-0.1, -0.05) is 6.92 Å². The van der Waals surface area contributed by atoms with Gasteiger partial charge in [-0.05, 0) is 32.4 Å². The van der Waals surface area contributed by atoms with Gasteiger partial charge in [0, 0.05) is 19.0 Å². The smallest absolute Gasteiger partial charge is 0.109 e. The van der Waals surface area contributed by atoms with Crippen LogP contribution in [0.25, 0.3) is 0 Å². The van der Waals surface area contributed by atoms with Gasteiger partial charge in [0.2, 0.25) is 0 Å². The molecule has 3 atom stereocenters. The van der Waals surface area contributed by atoms with Gasteiger partial charge < -0.3 is 9.64 Å². The standard InChI is InChI=1S/C11H22N2O/c1-9-7-12-11(14-8-9)6-10-4-3-5-13(10)2/h9-12H,3-8H2,1-2H3. The van der Waals surface area contributed by atoms with Crippen LogP contribution >= 0.6 is 0 Å². The second kappa shape index (κ2) is 4.60. The highest BCUT2D eigenvalue weighted by Gasteiger charge is 2.26. The second-order valence-electron chi connectivity index (χ2n) is 4.85. The van der Waals surface area contributed by atoms with Gasteiger partial charge in [-0.25, -0.2) is 0 Å². The van der Waals surface area contributed by atoms with Crippen molar-refractivity contribution >= 4 is 0 Å². The van der Waals surface area contributed by atoms with Crippen molar-refractivity contribution in [1.29, 1.82) is 0 Å². The lowest BCUT2D eigenvalue weighted by Crippen LogP contribution is -2.45. The Bertz CT molecular complexity index is 178. The van der Waals surface area contributed by atoms with E-state index in [1.165, 1.54) is 19.4 Å². The van der Waals surface area contributed by atoms with Crippen LogP contribution in [-0.2, 0) is 4.74 Å². The minimum atomic E-state index is 0.303. The molecule has 82 valence electrons. The second-order valence-corrected chi connectivity index (χ2v) is 4.85. The third-order valence-electron chi connectivity index (χ3n) is 3.43. The van der Waals surface area contributed by atoms with Gasteiger partial charge in [0.1, 0.15) is 6.23 Å². The Balaban J connectivity index is 1.74. The Labute approximate surface area is 86.8 Å². The first-order valence-corrected chi connectivity index (χ1v) is 5.81. The van der Waals surface area contributed by atoms with Crippen molar-refractivity contribution in [2.75, 3.05) is 26.7 Å². The zero-order valence-corrected chi connectivity index (χ0v) is 9.33. The van der Waals surface area contributed by atoms with Gasteiger partial charge in [0.05, 0.1) is 6.61 Å². The van der Waals surface area contributed by atoms with Crippen LogP contribution in [0.5, 0.6) is 0 Å². The predicted molar refractivity (Wildman–Crippen MR) is 57.2 cm³/mol. The molecule has 2 saturated heterocycles. The average molecular weight is 198 g/mol. The molecule has 2 fully saturated rings. The van der Waals surface area contributed by atoms with Crippen LogP contribution in [0.15, 0.2) is 0 Å². The van der Waals surface area contributed by atoms with Gasteiger partial charge in [0.25, 0.3) is 0 Å². The lowest BCUT2D eigenvalue weighted by Gasteiger charge is -2.31. The van der Waals surface area contributed by atoms with Crippen molar-refractivity contribution in [3.63, 3.8) is 0 Å². The molecule has 3 nitrogen and oxygen atoms in total. The summed E-state index contributed by atoms with van der Waals surface area (Å²) < 4.78 is 5.76. The van der Waals surface area contributed by atoms with Gasteiger partial charge in [0.15, 0.2) is 0 Å². The van der Waals surface area contributed by atoms with Crippen LogP contribution in [-0.4, -0.2) is 43.9 Å². The van der Waals surface area contributed by atoms with E-state index in [9.17, 15) is 0 Å². The van der Waals surface area contributed by atoms with Gasteiger partial charge in [-0.2, -0.15) is 0 Å². The van der Waals surface area contributed by atoms with Crippen LogP contribution < -0.4 is 5.32 Å². The Morgan fingerprint density at radius 2 is 2.36 bits per heavy atom. The first-order chi connectivity index (χ1) is 6.75. The molecule has 0 radical (unpaired) electrons. The minimum absolute atomic E-state index is 0.303. The van der Waals surface area contributed by atoms with Crippen molar-refractivity contribution in [3.8, 4) is 0 Å². The highest BCUT2D eigenvalue weighted by molar-refractivity contribution is 4.80. The molecule has 2 aliphatic rings. The maximum absolute atomic E-state index is 5.76. The summed E-state index contributed by atoms with van der Waals surface area (Å²) in [7, 11) is 2.23. The van der Waals surface area contributed by atoms with Gasteiger partial charge >= 0.3 is 0 Å². The molecule has 0 saturated carbocycles. The number of rotatable bonds is 2. The number of nitrogens with zero attached hydrogens (tertiary/aromatic N) is 1. The maximum Gasteiger partial charge on any atom is 0.109 e. The Hall–Kier alpha value is -0.120. The van der Waals surface area contributed by atoms with Crippen LogP contribution in [0.2, 0.25) is 0 Å². The third kappa shape index (κ3) is 2.47. The fourth-order valence-electron chi connectivity index (χ4n) is 2.41. The van der Waals surface area contributed by atoms with E-state index in [-0.39, 0.29) is 0 Å². The van der Waals surface area contributed by atoms with E-state index < -0.39 is 0 Å². The van der Waals surface area contributed by atoms with Crippen molar-refractivity contribution in [1.82, 2.24) is 10.2 Å². The first-order valence-electron chi connectivity index (χ1n) is 5.81. The van der Waals surface area contributed by atoms with Crippen LogP contribution in [0.1, 0.15) is 26.2 Å². The van der Waals surface area contributed by atoms with E-state index >= 15 is 0 Å². The molecule has 0 aromatic heterocycles. The molecule has 3 heteroatoms. The number of likely N-dealkylation sites (tertiary alicyclic amines) is 1. The molecule has 3 unspecified atom stereocenters. The summed E-state index contributed by atoms with van der Waals surface area (Å²) in [5.74, 6) is 0.674. The number of ether oxygens (including phenoxy) is 1. The van der Waals surface area contributed by atoms with E-state index in [0.29, 0.717) is 12.1 Å². The van der Waals surface area contributed by atoms with Crippen molar-refractivity contribution in [2.45, 2.75) is 38.5 Å². The van der Waals surface area contributed by atoms with E-state index in [0.717, 1.165) is 25.6 Å². The van der Waals surface area contributed by atoms with E-state index in [1.54, 1.807) is 0 Å². The molecule has 2 aliphatic heterocycles. The lowest BCUT2D eigenvalue weighted by molar-refractivity contribution is -0.0371. The molecule has 0 aromatic rings. The van der Waals surface area contributed by atoms with Crippen LogP contribution in [0.4, 0.5) is 0 Å². The zero-order valence-electron chi connectivity index (χ0n) is 9.33. The number of hydrogen-bond donors (Lipinski definition) is 1. The molecule has 0 spiro atoms. The summed E-state index contributed by atoms with van der Waals surface area (Å²) in [6, 6.07) is 0.737. The Morgan fingerprint density at radius 1 is 1.50 bits per heavy atom. The van der Waals surface area contributed by atoms with Crippen molar-refractivity contribution < 1.29 is 4.74 Å². The molecule has 2 heterocycles. The summed E-state index contributed by atoms with van der Waals surface area (Å²) >= 11 is 0. The lowest BCUT2D eigenvalue weighted by atomic mass is 10.1. The molecular formula is C11H22N2O. The maximum atomic E-state index is 5.76. The van der Waals surface area contributed by atoms with Crippen LogP contribution in [0.3, 0.4) is 0 Å². The summed E-state index contributed by atoms with van der Waals surface area (Å²) in [6.07, 6.45) is 4.15. The van der Waals surface area contributed by atoms with E-state index in [1.807, 2.05) is 0 Å². The quantitative estimate of drug-likeness (QED) is 0.718. The molecule has 0 amide bonds. The predicted octanol–water partition coefficient (Wildman–Crippen LogP) is 1.05. The van der Waals surface area contributed by atoms with Crippen LogP contribution in [0, 0.1) is 5.92 Å². The van der Waals surface area contributed by atoms with E-state index in [2.05, 4.69) is 24.2 Å². The van der Waals surface area contributed by atoms with Crippen molar-refractivity contribution in [2.24, 2.45) is 5.92 Å². The van der Waals surface area contributed by atoms with E-state index in [4.69, 9.17) is 4.74 Å². The molecule has 0 aliphatic carbocycles. The topological polar surface area (TPSA) is 24.5 Å². The summed E-state index contributed by atoms with van der Waals surface area (Å²) in [5.41, 5.74) is 0.